The molecule has 4 rings (SSSR count). The van der Waals surface area contributed by atoms with Gasteiger partial charge in [0, 0.05) is 32.7 Å². The van der Waals surface area contributed by atoms with Gasteiger partial charge in [-0.2, -0.15) is 0 Å². The van der Waals surface area contributed by atoms with Gasteiger partial charge in [-0.25, -0.2) is 0 Å². The van der Waals surface area contributed by atoms with E-state index in [2.05, 4.69) is 54.2 Å². The molecule has 2 unspecified atom stereocenters. The number of rotatable bonds is 6. The molecule has 4 nitrogen and oxygen atoms in total. The van der Waals surface area contributed by atoms with Crippen molar-refractivity contribution in [3.05, 3.63) is 0 Å². The maximum atomic E-state index is 2.70. The first-order chi connectivity index (χ1) is 14.5. The fourth-order valence-corrected chi connectivity index (χ4v) is 6.47. The summed E-state index contributed by atoms with van der Waals surface area (Å²) < 4.78 is 0. The molecule has 4 aliphatic heterocycles. The van der Waals surface area contributed by atoms with Crippen molar-refractivity contribution in [2.45, 2.75) is 66.7 Å². The summed E-state index contributed by atoms with van der Waals surface area (Å²) in [6.45, 7) is 27.6. The summed E-state index contributed by atoms with van der Waals surface area (Å²) in [5, 5.41) is 0. The average molecular weight is 421 g/mol. The monoisotopic (exact) mass is 420 g/mol. The van der Waals surface area contributed by atoms with Crippen LogP contribution < -0.4 is 0 Å². The molecule has 2 atom stereocenters. The van der Waals surface area contributed by atoms with Crippen molar-refractivity contribution >= 4 is 0 Å². The fraction of sp³-hybridized carbons (Fsp3) is 1.00. The maximum Gasteiger partial charge on any atom is 0.00513 e. The molecule has 0 aromatic heterocycles. The molecule has 176 valence electrons. The molecule has 0 aromatic carbocycles. The lowest BCUT2D eigenvalue weighted by atomic mass is 9.72. The molecular weight excluding hydrogens is 368 g/mol. The molecule has 30 heavy (non-hydrogen) atoms. The van der Waals surface area contributed by atoms with Crippen molar-refractivity contribution in [2.24, 2.45) is 23.2 Å². The molecule has 1 spiro atoms. The highest BCUT2D eigenvalue weighted by Crippen LogP contribution is 2.40. The van der Waals surface area contributed by atoms with Crippen LogP contribution in [0, 0.1) is 23.2 Å². The number of fused-ring (bicyclic) bond motifs is 1. The van der Waals surface area contributed by atoms with Crippen molar-refractivity contribution in [1.82, 2.24) is 19.6 Å². The summed E-state index contributed by atoms with van der Waals surface area (Å²) in [7, 11) is 0. The van der Waals surface area contributed by atoms with Crippen LogP contribution in [0.1, 0.15) is 66.7 Å². The third-order valence-corrected chi connectivity index (χ3v) is 8.38. The molecule has 0 amide bonds. The summed E-state index contributed by atoms with van der Waals surface area (Å²) in [6.07, 6.45) is 7.09. The van der Waals surface area contributed by atoms with E-state index in [0.717, 1.165) is 23.2 Å². The van der Waals surface area contributed by atoms with Gasteiger partial charge in [-0.3, -0.25) is 0 Å². The van der Waals surface area contributed by atoms with E-state index in [9.17, 15) is 0 Å². The minimum Gasteiger partial charge on any atom is -0.303 e. The van der Waals surface area contributed by atoms with Crippen LogP contribution in [0.25, 0.3) is 0 Å². The van der Waals surface area contributed by atoms with E-state index in [1.54, 1.807) is 0 Å². The molecule has 4 aliphatic rings. The van der Waals surface area contributed by atoms with Crippen LogP contribution in [0.3, 0.4) is 0 Å². The third-order valence-electron chi connectivity index (χ3n) is 8.38. The molecular formula is C26H52N4. The number of hydrogen-bond acceptors (Lipinski definition) is 4. The minimum atomic E-state index is 0.736. The third kappa shape index (κ3) is 6.67. The first kappa shape index (κ1) is 24.5. The van der Waals surface area contributed by atoms with Gasteiger partial charge in [-0.1, -0.05) is 34.6 Å². The summed E-state index contributed by atoms with van der Waals surface area (Å²) in [5.74, 6) is 2.82. The zero-order valence-corrected chi connectivity index (χ0v) is 21.0. The van der Waals surface area contributed by atoms with Crippen molar-refractivity contribution in [3.8, 4) is 0 Å². The van der Waals surface area contributed by atoms with Crippen molar-refractivity contribution in [1.29, 1.82) is 0 Å². The summed E-state index contributed by atoms with van der Waals surface area (Å²) in [4.78, 5) is 10.6. The van der Waals surface area contributed by atoms with Crippen LogP contribution in [-0.2, 0) is 0 Å². The van der Waals surface area contributed by atoms with Gasteiger partial charge in [0.1, 0.15) is 0 Å². The molecule has 4 saturated heterocycles. The standard InChI is InChI=1S/C14H28N2.C12H24N2/c1-4-15-7-5-14-11-16(9-12(2)3)8-6-13(14)10-15;1-3-7-14-8-5-12(6-9-14)10-13(4-2)11-12/h12-14H,4-11H2,1-3H3;3-11H2,1-2H3. The SMILES string of the molecule is CCCN1CCC2(CC1)CN(CC)C2.CCN1CCC2CN(CC(C)C)CCC2C1. The zero-order valence-electron chi connectivity index (χ0n) is 21.0. The molecule has 4 heteroatoms. The highest BCUT2D eigenvalue weighted by atomic mass is 15.2. The topological polar surface area (TPSA) is 13.0 Å². The normalized spacial score (nSPS) is 30.6. The summed E-state index contributed by atoms with van der Waals surface area (Å²) >= 11 is 0. The lowest BCUT2D eigenvalue weighted by Crippen LogP contribution is -2.60. The summed E-state index contributed by atoms with van der Waals surface area (Å²) in [5.41, 5.74) is 0.736. The van der Waals surface area contributed by atoms with Crippen LogP contribution in [0.2, 0.25) is 0 Å². The van der Waals surface area contributed by atoms with Gasteiger partial charge in [0.05, 0.1) is 0 Å². The Morgan fingerprint density at radius 3 is 1.83 bits per heavy atom. The van der Waals surface area contributed by atoms with E-state index in [0.29, 0.717) is 0 Å². The number of nitrogens with zero attached hydrogens (tertiary/aromatic N) is 4. The van der Waals surface area contributed by atoms with E-state index in [1.165, 1.54) is 111 Å². The number of piperidine rings is 3. The highest BCUT2D eigenvalue weighted by Gasteiger charge is 2.43. The maximum absolute atomic E-state index is 2.70. The molecule has 0 aliphatic carbocycles. The van der Waals surface area contributed by atoms with Gasteiger partial charge in [-0.15, -0.1) is 0 Å². The molecule has 0 radical (unpaired) electrons. The summed E-state index contributed by atoms with van der Waals surface area (Å²) in [6, 6.07) is 0. The molecule has 4 fully saturated rings. The van der Waals surface area contributed by atoms with Gasteiger partial charge >= 0.3 is 0 Å². The molecule has 0 bridgehead atoms. The first-order valence-corrected chi connectivity index (χ1v) is 13.4. The lowest BCUT2D eigenvalue weighted by Gasteiger charge is -2.54. The highest BCUT2D eigenvalue weighted by molar-refractivity contribution is 4.97. The Hall–Kier alpha value is -0.160. The molecule has 4 heterocycles. The molecule has 0 N–H and O–H groups in total. The van der Waals surface area contributed by atoms with Crippen LogP contribution in [0.15, 0.2) is 0 Å². The molecule has 0 aromatic rings. The smallest absolute Gasteiger partial charge is 0.00513 e. The van der Waals surface area contributed by atoms with Crippen molar-refractivity contribution in [3.63, 3.8) is 0 Å². The lowest BCUT2D eigenvalue weighted by molar-refractivity contribution is -0.0432. The van der Waals surface area contributed by atoms with Crippen LogP contribution in [0.5, 0.6) is 0 Å². The van der Waals surface area contributed by atoms with Gasteiger partial charge in [0.2, 0.25) is 0 Å². The number of hydrogen-bond donors (Lipinski definition) is 0. The van der Waals surface area contributed by atoms with Crippen LogP contribution in [0.4, 0.5) is 0 Å². The van der Waals surface area contributed by atoms with E-state index in [-0.39, 0.29) is 0 Å². The minimum absolute atomic E-state index is 0.736. The van der Waals surface area contributed by atoms with Gasteiger partial charge in [0.15, 0.2) is 0 Å². The first-order valence-electron chi connectivity index (χ1n) is 13.4. The largest absolute Gasteiger partial charge is 0.303 e. The van der Waals surface area contributed by atoms with E-state index >= 15 is 0 Å². The zero-order chi connectivity index (χ0) is 21.6. The Balaban J connectivity index is 0.000000172. The number of likely N-dealkylation sites (tertiary alicyclic amines) is 4. The van der Waals surface area contributed by atoms with Gasteiger partial charge in [0.25, 0.3) is 0 Å². The van der Waals surface area contributed by atoms with Gasteiger partial charge < -0.3 is 19.6 Å². The average Bonchev–Trinajstić information content (AvgIpc) is 2.72. The second kappa shape index (κ2) is 11.6. The Kier molecular flexibility index (Phi) is 9.49. The van der Waals surface area contributed by atoms with Gasteiger partial charge in [-0.05, 0) is 101 Å². The Morgan fingerprint density at radius 2 is 1.30 bits per heavy atom. The van der Waals surface area contributed by atoms with E-state index in [1.807, 2.05) is 0 Å². The van der Waals surface area contributed by atoms with Crippen LogP contribution in [-0.4, -0.2) is 98.1 Å². The second-order valence-corrected chi connectivity index (χ2v) is 11.3. The van der Waals surface area contributed by atoms with Crippen LogP contribution >= 0.6 is 0 Å². The van der Waals surface area contributed by atoms with E-state index in [4.69, 9.17) is 0 Å². The fourth-order valence-electron chi connectivity index (χ4n) is 6.47. The Bertz CT molecular complexity index is 477. The predicted molar refractivity (Wildman–Crippen MR) is 130 cm³/mol. The van der Waals surface area contributed by atoms with Crippen molar-refractivity contribution < 1.29 is 0 Å². The second-order valence-electron chi connectivity index (χ2n) is 11.3. The quantitative estimate of drug-likeness (QED) is 0.641. The molecule has 0 saturated carbocycles. The predicted octanol–water partition coefficient (Wildman–Crippen LogP) is 4.12. The Labute approximate surface area is 188 Å². The van der Waals surface area contributed by atoms with Crippen molar-refractivity contribution in [2.75, 3.05) is 78.5 Å². The Morgan fingerprint density at radius 1 is 0.733 bits per heavy atom. The van der Waals surface area contributed by atoms with E-state index < -0.39 is 0 Å².